The quantitative estimate of drug-likeness (QED) is 0.165. The number of oxazole rings is 1. The third-order valence-corrected chi connectivity index (χ3v) is 12.8. The van der Waals surface area contributed by atoms with Crippen molar-refractivity contribution in [1.29, 1.82) is 0 Å². The van der Waals surface area contributed by atoms with Crippen LogP contribution >= 0.6 is 0 Å². The number of piperazine rings is 1. The number of halogens is 1. The van der Waals surface area contributed by atoms with Gasteiger partial charge in [0.2, 0.25) is 23.7 Å². The number of benzene rings is 2. The normalized spacial score (nSPS) is 21.8. The molecule has 62 heavy (non-hydrogen) atoms. The van der Waals surface area contributed by atoms with Crippen molar-refractivity contribution >= 4 is 40.5 Å². The molecule has 4 aliphatic rings. The zero-order chi connectivity index (χ0) is 42.7. The van der Waals surface area contributed by atoms with Gasteiger partial charge in [-0.05, 0) is 94.3 Å². The van der Waals surface area contributed by atoms with Gasteiger partial charge in [-0.15, -0.1) is 0 Å². The van der Waals surface area contributed by atoms with E-state index in [9.17, 15) is 28.4 Å². The first-order valence-corrected chi connectivity index (χ1v) is 21.7. The van der Waals surface area contributed by atoms with Crippen molar-refractivity contribution in [3.05, 3.63) is 99.8 Å². The van der Waals surface area contributed by atoms with Gasteiger partial charge in [-0.2, -0.15) is 0 Å². The van der Waals surface area contributed by atoms with Gasteiger partial charge < -0.3 is 20.0 Å². The lowest BCUT2D eigenvalue weighted by Crippen LogP contribution is -2.50. The van der Waals surface area contributed by atoms with Crippen LogP contribution in [0.1, 0.15) is 57.4 Å². The van der Waals surface area contributed by atoms with Crippen molar-refractivity contribution in [2.24, 2.45) is 5.92 Å². The summed E-state index contributed by atoms with van der Waals surface area (Å²) in [5.74, 6) is -0.980. The van der Waals surface area contributed by atoms with Gasteiger partial charge in [0.15, 0.2) is 11.4 Å². The van der Waals surface area contributed by atoms with Gasteiger partial charge in [0.05, 0.1) is 18.3 Å². The fourth-order valence-electron chi connectivity index (χ4n) is 9.45. The summed E-state index contributed by atoms with van der Waals surface area (Å²) >= 11 is 0. The second-order valence-corrected chi connectivity index (χ2v) is 17.0. The van der Waals surface area contributed by atoms with Gasteiger partial charge in [-0.1, -0.05) is 18.2 Å². The lowest BCUT2D eigenvalue weighted by molar-refractivity contribution is -0.135. The van der Waals surface area contributed by atoms with E-state index in [2.05, 4.69) is 40.6 Å². The van der Waals surface area contributed by atoms with Crippen molar-refractivity contribution in [3.63, 3.8) is 0 Å². The van der Waals surface area contributed by atoms with Crippen LogP contribution in [-0.4, -0.2) is 111 Å². The summed E-state index contributed by atoms with van der Waals surface area (Å²) in [5.41, 5.74) is 3.08. The smallest absolute Gasteiger partial charge is 0.408 e. The van der Waals surface area contributed by atoms with Crippen LogP contribution in [0, 0.1) is 11.7 Å². The highest BCUT2D eigenvalue weighted by atomic mass is 19.1. The van der Waals surface area contributed by atoms with Crippen LogP contribution in [0.25, 0.3) is 28.0 Å². The molecule has 3 amide bonds. The van der Waals surface area contributed by atoms with Crippen LogP contribution in [0.4, 0.5) is 16.0 Å². The van der Waals surface area contributed by atoms with Gasteiger partial charge in [0, 0.05) is 86.5 Å². The summed E-state index contributed by atoms with van der Waals surface area (Å²) in [6.45, 7) is 6.75. The van der Waals surface area contributed by atoms with Crippen molar-refractivity contribution in [3.8, 4) is 16.9 Å². The first kappa shape index (κ1) is 41.2. The molecule has 1 unspecified atom stereocenters. The highest BCUT2D eigenvalue weighted by Crippen LogP contribution is 2.29. The van der Waals surface area contributed by atoms with Crippen LogP contribution in [-0.2, 0) is 14.4 Å². The highest BCUT2D eigenvalue weighted by molar-refractivity contribution is 6.00. The highest BCUT2D eigenvalue weighted by Gasteiger charge is 2.32. The number of nitrogens with one attached hydrogen (secondary N) is 3. The number of carbonyl (C=O) groups excluding carboxylic acids is 3. The van der Waals surface area contributed by atoms with Crippen molar-refractivity contribution in [2.75, 3.05) is 62.6 Å². The summed E-state index contributed by atoms with van der Waals surface area (Å²) in [4.78, 5) is 78.1. The van der Waals surface area contributed by atoms with Gasteiger partial charge in [-0.3, -0.25) is 43.4 Å². The Morgan fingerprint density at radius 2 is 1.61 bits per heavy atom. The maximum absolute atomic E-state index is 15.0. The van der Waals surface area contributed by atoms with Crippen LogP contribution in [0.5, 0.6) is 0 Å². The molecule has 2 aromatic carbocycles. The summed E-state index contributed by atoms with van der Waals surface area (Å²) in [7, 11) is 0. The third-order valence-electron chi connectivity index (χ3n) is 12.8. The number of pyridine rings is 1. The molecule has 1 saturated carbocycles. The standard InChI is InChI=1S/C45H51FN10O6/c46-35-26-47-44(51-42(35)30-4-3-5-34(24-30)55-17-2-1-6-41(55)59)49-32-9-7-31(8-10-32)48-40(58)28-52-18-15-29(16-19-52)27-53-20-22-54(23-21-53)33-11-12-36-38(25-33)62-45(61)56(36)37-13-14-39(57)50-43(37)60/h1-6,11-12,17,24-26,29,31-32,37H,7-10,13-16,18-23,27-28H2,(H,48,58)(H,47,49,51)(H,50,57,60). The van der Waals surface area contributed by atoms with Crippen LogP contribution in [0.2, 0.25) is 0 Å². The van der Waals surface area contributed by atoms with Gasteiger partial charge in [0.25, 0.3) is 5.56 Å². The number of piperidine rings is 2. The van der Waals surface area contributed by atoms with Gasteiger partial charge in [0.1, 0.15) is 11.7 Å². The van der Waals surface area contributed by atoms with Crippen molar-refractivity contribution < 1.29 is 23.2 Å². The lowest BCUT2D eigenvalue weighted by atomic mass is 9.91. The molecule has 16 nitrogen and oxygen atoms in total. The molecular weight excluding hydrogens is 796 g/mol. The number of carbonyl (C=O) groups is 3. The predicted molar refractivity (Wildman–Crippen MR) is 231 cm³/mol. The minimum atomic E-state index is -0.766. The Labute approximate surface area is 357 Å². The predicted octanol–water partition coefficient (Wildman–Crippen LogP) is 3.69. The maximum Gasteiger partial charge on any atom is 0.420 e. The van der Waals surface area contributed by atoms with Crippen molar-refractivity contribution in [1.82, 2.24) is 39.5 Å². The molecule has 3 aliphatic heterocycles. The zero-order valence-corrected chi connectivity index (χ0v) is 34.5. The molecule has 3 saturated heterocycles. The average Bonchev–Trinajstić information content (AvgIpc) is 3.60. The fraction of sp³-hybridized carbons (Fsp3) is 0.444. The first-order valence-electron chi connectivity index (χ1n) is 21.7. The second-order valence-electron chi connectivity index (χ2n) is 17.0. The number of anilines is 2. The Hall–Kier alpha value is -6.20. The van der Waals surface area contributed by atoms with Crippen molar-refractivity contribution in [2.45, 2.75) is 69.5 Å². The van der Waals surface area contributed by atoms with E-state index in [0.717, 1.165) is 90.0 Å². The number of likely N-dealkylation sites (tertiary alicyclic amines) is 1. The minimum absolute atomic E-state index is 0.0625. The van der Waals surface area contributed by atoms with E-state index in [0.29, 0.717) is 40.8 Å². The molecular formula is C45H51FN10O6. The molecule has 0 bridgehead atoms. The molecule has 0 radical (unpaired) electrons. The summed E-state index contributed by atoms with van der Waals surface area (Å²) < 4.78 is 23.4. The molecule has 17 heteroatoms. The SMILES string of the molecule is O=C1CCC(n2c(=O)oc3cc(N4CCN(CC5CCN(CC(=O)NC6CCC(Nc7ncc(F)c(-c8cccc(-n9ccccc9=O)c8)n7)CC6)CC5)CC4)ccc32)C(=O)N1. The van der Waals surface area contributed by atoms with Gasteiger partial charge >= 0.3 is 5.76 Å². The molecule has 4 fully saturated rings. The van der Waals surface area contributed by atoms with Crippen LogP contribution in [0.15, 0.2) is 87.1 Å². The van der Waals surface area contributed by atoms with E-state index >= 15 is 0 Å². The lowest BCUT2D eigenvalue weighted by Gasteiger charge is -2.39. The van der Waals surface area contributed by atoms with E-state index in [1.165, 1.54) is 21.4 Å². The Morgan fingerprint density at radius 3 is 2.39 bits per heavy atom. The number of hydrogen-bond donors (Lipinski definition) is 3. The third kappa shape index (κ3) is 9.18. The molecule has 1 aliphatic carbocycles. The Bertz CT molecular complexity index is 2570. The molecule has 5 aromatic rings. The molecule has 0 spiro atoms. The Morgan fingerprint density at radius 1 is 0.823 bits per heavy atom. The summed E-state index contributed by atoms with van der Waals surface area (Å²) in [6.07, 6.45) is 8.68. The molecule has 6 heterocycles. The van der Waals surface area contributed by atoms with E-state index in [1.54, 1.807) is 42.6 Å². The number of imide groups is 1. The van der Waals surface area contributed by atoms with E-state index in [4.69, 9.17) is 4.42 Å². The largest absolute Gasteiger partial charge is 0.420 e. The minimum Gasteiger partial charge on any atom is -0.408 e. The van der Waals surface area contributed by atoms with Crippen LogP contribution in [0.3, 0.4) is 0 Å². The van der Waals surface area contributed by atoms with E-state index in [1.807, 2.05) is 18.2 Å². The number of aromatic nitrogens is 4. The molecule has 324 valence electrons. The second kappa shape index (κ2) is 18.0. The topological polar surface area (TPSA) is 180 Å². The number of amides is 3. The molecule has 1 atom stereocenters. The Balaban J connectivity index is 0.686. The van der Waals surface area contributed by atoms with E-state index in [-0.39, 0.29) is 48.0 Å². The number of fused-ring (bicyclic) bond motifs is 1. The van der Waals surface area contributed by atoms with Gasteiger partial charge in [-0.25, -0.2) is 19.2 Å². The number of nitrogens with zero attached hydrogens (tertiary/aromatic N) is 7. The summed E-state index contributed by atoms with van der Waals surface area (Å²) in [5, 5.41) is 8.95. The fourth-order valence-corrected chi connectivity index (χ4v) is 9.45. The maximum atomic E-state index is 15.0. The average molecular weight is 847 g/mol. The van der Waals surface area contributed by atoms with E-state index < -0.39 is 23.5 Å². The number of rotatable bonds is 11. The number of hydrogen-bond acceptors (Lipinski definition) is 12. The first-order chi connectivity index (χ1) is 30.1. The molecule has 3 N–H and O–H groups in total. The Kier molecular flexibility index (Phi) is 12.0. The summed E-state index contributed by atoms with van der Waals surface area (Å²) in [6, 6.07) is 17.1. The molecule has 3 aromatic heterocycles. The monoisotopic (exact) mass is 846 g/mol. The van der Waals surface area contributed by atoms with Crippen LogP contribution < -0.4 is 32.2 Å². The zero-order valence-electron chi connectivity index (χ0n) is 34.5. The molecule has 9 rings (SSSR count).